The standard InChI is InChI=1S/C10H11F2N/c1-3-13-7(2)8-5-4-6-9(11)10(8)12/h4-6,13H,2-3H2,1H3. The highest BCUT2D eigenvalue weighted by atomic mass is 19.2. The average Bonchev–Trinajstić information content (AvgIpc) is 2.10. The molecule has 0 fully saturated rings. The summed E-state index contributed by atoms with van der Waals surface area (Å²) in [6.45, 7) is 6.10. The summed E-state index contributed by atoms with van der Waals surface area (Å²) in [5.74, 6) is -1.70. The van der Waals surface area contributed by atoms with Crippen molar-refractivity contribution in [1.82, 2.24) is 5.32 Å². The Balaban J connectivity index is 3.01. The van der Waals surface area contributed by atoms with Gasteiger partial charge in [-0.15, -0.1) is 0 Å². The molecular formula is C10H11F2N. The van der Waals surface area contributed by atoms with Crippen molar-refractivity contribution in [1.29, 1.82) is 0 Å². The van der Waals surface area contributed by atoms with Crippen molar-refractivity contribution >= 4 is 5.70 Å². The van der Waals surface area contributed by atoms with Crippen molar-refractivity contribution in [3.63, 3.8) is 0 Å². The fraction of sp³-hybridized carbons (Fsp3) is 0.200. The van der Waals surface area contributed by atoms with Crippen LogP contribution in [0.3, 0.4) is 0 Å². The minimum Gasteiger partial charge on any atom is -0.385 e. The summed E-state index contributed by atoms with van der Waals surface area (Å²) in [4.78, 5) is 0. The summed E-state index contributed by atoms with van der Waals surface area (Å²) < 4.78 is 25.8. The van der Waals surface area contributed by atoms with Gasteiger partial charge >= 0.3 is 0 Å². The summed E-state index contributed by atoms with van der Waals surface area (Å²) in [6, 6.07) is 4.03. The van der Waals surface area contributed by atoms with Crippen LogP contribution in [0.5, 0.6) is 0 Å². The van der Waals surface area contributed by atoms with Crippen LogP contribution in [-0.2, 0) is 0 Å². The van der Waals surface area contributed by atoms with Crippen LogP contribution < -0.4 is 5.32 Å². The van der Waals surface area contributed by atoms with Gasteiger partial charge < -0.3 is 5.32 Å². The molecule has 0 bridgehead atoms. The number of benzene rings is 1. The third kappa shape index (κ3) is 2.05. The van der Waals surface area contributed by atoms with Gasteiger partial charge in [0.25, 0.3) is 0 Å². The van der Waals surface area contributed by atoms with Gasteiger partial charge in [-0.1, -0.05) is 12.6 Å². The van der Waals surface area contributed by atoms with Crippen LogP contribution in [0, 0.1) is 11.6 Å². The molecule has 0 saturated carbocycles. The van der Waals surface area contributed by atoms with E-state index in [2.05, 4.69) is 11.9 Å². The molecule has 1 N–H and O–H groups in total. The molecule has 0 spiro atoms. The zero-order chi connectivity index (χ0) is 9.84. The van der Waals surface area contributed by atoms with Crippen LogP contribution >= 0.6 is 0 Å². The van der Waals surface area contributed by atoms with Gasteiger partial charge in [-0.3, -0.25) is 0 Å². The summed E-state index contributed by atoms with van der Waals surface area (Å²) in [7, 11) is 0. The van der Waals surface area contributed by atoms with Gasteiger partial charge in [-0.2, -0.15) is 0 Å². The molecule has 0 aliphatic carbocycles. The highest BCUT2D eigenvalue weighted by molar-refractivity contribution is 5.62. The number of rotatable bonds is 3. The number of nitrogens with one attached hydrogen (secondary N) is 1. The van der Waals surface area contributed by atoms with Gasteiger partial charge in [0, 0.05) is 17.8 Å². The lowest BCUT2D eigenvalue weighted by molar-refractivity contribution is 0.505. The third-order valence-electron chi connectivity index (χ3n) is 1.67. The van der Waals surface area contributed by atoms with E-state index in [1.54, 1.807) is 0 Å². The van der Waals surface area contributed by atoms with E-state index < -0.39 is 11.6 Å². The van der Waals surface area contributed by atoms with Crippen LogP contribution in [-0.4, -0.2) is 6.54 Å². The quantitative estimate of drug-likeness (QED) is 0.759. The van der Waals surface area contributed by atoms with E-state index >= 15 is 0 Å². The maximum absolute atomic E-state index is 13.1. The Morgan fingerprint density at radius 1 is 1.46 bits per heavy atom. The molecule has 1 aromatic carbocycles. The Hall–Kier alpha value is -1.38. The molecule has 70 valence electrons. The first-order valence-corrected chi connectivity index (χ1v) is 4.04. The molecule has 1 aromatic rings. The summed E-state index contributed by atoms with van der Waals surface area (Å²) >= 11 is 0. The molecule has 0 amide bonds. The predicted molar refractivity (Wildman–Crippen MR) is 49.1 cm³/mol. The SMILES string of the molecule is C=C(NCC)c1cccc(F)c1F. The topological polar surface area (TPSA) is 12.0 Å². The normalized spacial score (nSPS) is 9.77. The minimum atomic E-state index is -0.853. The molecule has 1 nitrogen and oxygen atoms in total. The van der Waals surface area contributed by atoms with E-state index in [0.717, 1.165) is 6.07 Å². The minimum absolute atomic E-state index is 0.182. The van der Waals surface area contributed by atoms with Crippen LogP contribution in [0.1, 0.15) is 12.5 Å². The van der Waals surface area contributed by atoms with E-state index in [4.69, 9.17) is 0 Å². The second kappa shape index (κ2) is 4.03. The Labute approximate surface area is 76.1 Å². The molecule has 0 unspecified atom stereocenters. The molecule has 1 rings (SSSR count). The molecule has 0 atom stereocenters. The van der Waals surface area contributed by atoms with Crippen molar-refractivity contribution in [2.24, 2.45) is 0 Å². The van der Waals surface area contributed by atoms with E-state index in [9.17, 15) is 8.78 Å². The van der Waals surface area contributed by atoms with Crippen molar-refractivity contribution < 1.29 is 8.78 Å². The largest absolute Gasteiger partial charge is 0.385 e. The average molecular weight is 183 g/mol. The van der Waals surface area contributed by atoms with Crippen molar-refractivity contribution in [3.05, 3.63) is 42.0 Å². The fourth-order valence-electron chi connectivity index (χ4n) is 1.05. The van der Waals surface area contributed by atoms with Crippen LogP contribution in [0.4, 0.5) is 8.78 Å². The second-order valence-corrected chi connectivity index (χ2v) is 2.61. The van der Waals surface area contributed by atoms with Gasteiger partial charge in [0.1, 0.15) is 0 Å². The van der Waals surface area contributed by atoms with E-state index in [1.165, 1.54) is 12.1 Å². The highest BCUT2D eigenvalue weighted by Gasteiger charge is 2.08. The molecule has 0 aromatic heterocycles. The molecular weight excluding hydrogens is 172 g/mol. The first-order valence-electron chi connectivity index (χ1n) is 4.04. The van der Waals surface area contributed by atoms with Gasteiger partial charge in [0.15, 0.2) is 11.6 Å². The van der Waals surface area contributed by atoms with Crippen molar-refractivity contribution in [2.45, 2.75) is 6.92 Å². The summed E-state index contributed by atoms with van der Waals surface area (Å²) in [5, 5.41) is 2.83. The van der Waals surface area contributed by atoms with Gasteiger partial charge in [0.05, 0.1) is 0 Å². The highest BCUT2D eigenvalue weighted by Crippen LogP contribution is 2.16. The van der Waals surface area contributed by atoms with E-state index in [0.29, 0.717) is 12.2 Å². The summed E-state index contributed by atoms with van der Waals surface area (Å²) in [6.07, 6.45) is 0. The Kier molecular flexibility index (Phi) is 3.01. The molecule has 0 heterocycles. The van der Waals surface area contributed by atoms with Crippen LogP contribution in [0.2, 0.25) is 0 Å². The van der Waals surface area contributed by atoms with Crippen molar-refractivity contribution in [3.8, 4) is 0 Å². The Morgan fingerprint density at radius 2 is 2.15 bits per heavy atom. The molecule has 0 aliphatic rings. The Morgan fingerprint density at radius 3 is 2.77 bits per heavy atom. The second-order valence-electron chi connectivity index (χ2n) is 2.61. The van der Waals surface area contributed by atoms with Gasteiger partial charge in [0.2, 0.25) is 0 Å². The fourth-order valence-corrected chi connectivity index (χ4v) is 1.05. The van der Waals surface area contributed by atoms with Crippen LogP contribution in [0.15, 0.2) is 24.8 Å². The lowest BCUT2D eigenvalue weighted by atomic mass is 10.1. The van der Waals surface area contributed by atoms with E-state index in [-0.39, 0.29) is 5.56 Å². The van der Waals surface area contributed by atoms with Gasteiger partial charge in [-0.25, -0.2) is 8.78 Å². The first kappa shape index (κ1) is 9.71. The molecule has 0 radical (unpaired) electrons. The third-order valence-corrected chi connectivity index (χ3v) is 1.67. The zero-order valence-electron chi connectivity index (χ0n) is 7.40. The molecule has 3 heteroatoms. The number of halogens is 2. The monoisotopic (exact) mass is 183 g/mol. The Bertz CT molecular complexity index is 321. The van der Waals surface area contributed by atoms with E-state index in [1.807, 2.05) is 6.92 Å². The zero-order valence-corrected chi connectivity index (χ0v) is 7.40. The van der Waals surface area contributed by atoms with Crippen LogP contribution in [0.25, 0.3) is 5.70 Å². The van der Waals surface area contributed by atoms with Gasteiger partial charge in [-0.05, 0) is 19.1 Å². The maximum atomic E-state index is 13.1. The lowest BCUT2D eigenvalue weighted by Gasteiger charge is -2.08. The first-order chi connectivity index (χ1) is 6.16. The molecule has 13 heavy (non-hydrogen) atoms. The maximum Gasteiger partial charge on any atom is 0.168 e. The molecule has 0 aliphatic heterocycles. The summed E-state index contributed by atoms with van der Waals surface area (Å²) in [5.41, 5.74) is 0.585. The number of hydrogen-bond donors (Lipinski definition) is 1. The van der Waals surface area contributed by atoms with Crippen molar-refractivity contribution in [2.75, 3.05) is 6.54 Å². The molecule has 0 saturated heterocycles. The lowest BCUT2D eigenvalue weighted by Crippen LogP contribution is -2.11. The number of hydrogen-bond acceptors (Lipinski definition) is 1. The smallest absolute Gasteiger partial charge is 0.168 e. The predicted octanol–water partition coefficient (Wildman–Crippen LogP) is 2.55.